The predicted octanol–water partition coefficient (Wildman–Crippen LogP) is 3.19. The summed E-state index contributed by atoms with van der Waals surface area (Å²) in [4.78, 5) is 26.2. The van der Waals surface area contributed by atoms with Gasteiger partial charge in [0.05, 0.1) is 16.8 Å². The third-order valence-electron chi connectivity index (χ3n) is 4.35. The second-order valence-corrected chi connectivity index (χ2v) is 7.74. The third kappa shape index (κ3) is 4.17. The molecule has 2 aromatic heterocycles. The first kappa shape index (κ1) is 20.0. The highest BCUT2D eigenvalue weighted by Crippen LogP contribution is 2.26. The number of halogens is 2. The fourth-order valence-electron chi connectivity index (χ4n) is 2.92. The summed E-state index contributed by atoms with van der Waals surface area (Å²) < 4.78 is 15.3. The lowest BCUT2D eigenvalue weighted by Crippen LogP contribution is -2.35. The van der Waals surface area contributed by atoms with Gasteiger partial charge in [0.1, 0.15) is 12.4 Å². The minimum absolute atomic E-state index is 0.327. The van der Waals surface area contributed by atoms with Crippen molar-refractivity contribution in [3.8, 4) is 5.69 Å². The van der Waals surface area contributed by atoms with Gasteiger partial charge in [-0.1, -0.05) is 41.9 Å². The zero-order valence-corrected chi connectivity index (χ0v) is 17.0. The number of hydrogen-bond acceptors (Lipinski definition) is 5. The van der Waals surface area contributed by atoms with Gasteiger partial charge < -0.3 is 5.32 Å². The average Bonchev–Trinajstić information content (AvgIpc) is 3.39. The smallest absolute Gasteiger partial charge is 0.343 e. The van der Waals surface area contributed by atoms with Gasteiger partial charge in [0.2, 0.25) is 5.91 Å². The molecule has 0 spiro atoms. The number of carbonyl (C=O) groups is 1. The van der Waals surface area contributed by atoms with Crippen molar-refractivity contribution in [2.75, 3.05) is 0 Å². The maximum absolute atomic E-state index is 13.3. The lowest BCUT2D eigenvalue weighted by molar-refractivity contribution is -0.122. The number of tetrazole rings is 1. The number of carbonyl (C=O) groups excluding carboxylic acids is 1. The van der Waals surface area contributed by atoms with Crippen molar-refractivity contribution in [2.24, 2.45) is 0 Å². The van der Waals surface area contributed by atoms with Crippen molar-refractivity contribution in [1.29, 1.82) is 0 Å². The maximum atomic E-state index is 13.3. The number of nitrogens with one attached hydrogen (secondary N) is 1. The van der Waals surface area contributed by atoms with Crippen LogP contribution in [0.3, 0.4) is 0 Å². The first-order valence-corrected chi connectivity index (χ1v) is 10.1. The van der Waals surface area contributed by atoms with Crippen LogP contribution in [0.25, 0.3) is 5.69 Å². The molecule has 152 valence electrons. The fraction of sp³-hybridized carbons (Fsp3) is 0.100. The number of aromatic nitrogens is 4. The molecule has 4 rings (SSSR count). The van der Waals surface area contributed by atoms with E-state index in [0.717, 1.165) is 19.8 Å². The second-order valence-electron chi connectivity index (χ2n) is 6.35. The molecule has 0 aliphatic rings. The van der Waals surface area contributed by atoms with E-state index in [-0.39, 0.29) is 12.4 Å². The molecule has 0 aliphatic carbocycles. The number of rotatable bonds is 6. The normalized spacial score (nSPS) is 11.9. The molecule has 0 bridgehead atoms. The Balaban J connectivity index is 1.56. The molecule has 0 radical (unpaired) electrons. The van der Waals surface area contributed by atoms with Gasteiger partial charge in [-0.3, -0.25) is 4.79 Å². The van der Waals surface area contributed by atoms with Gasteiger partial charge in [0.25, 0.3) is 0 Å². The summed E-state index contributed by atoms with van der Waals surface area (Å²) in [7, 11) is 0. The highest BCUT2D eigenvalue weighted by molar-refractivity contribution is 7.10. The Morgan fingerprint density at radius 2 is 1.87 bits per heavy atom. The van der Waals surface area contributed by atoms with Gasteiger partial charge in [-0.05, 0) is 51.7 Å². The largest absolute Gasteiger partial charge is 0.369 e. The van der Waals surface area contributed by atoms with Crippen LogP contribution in [0.1, 0.15) is 16.5 Å². The van der Waals surface area contributed by atoms with Crippen LogP contribution in [0.15, 0.2) is 70.8 Å². The average molecular weight is 444 g/mol. The van der Waals surface area contributed by atoms with Gasteiger partial charge in [-0.15, -0.1) is 11.3 Å². The molecule has 1 amide bonds. The van der Waals surface area contributed by atoms with Crippen molar-refractivity contribution >= 4 is 28.8 Å². The van der Waals surface area contributed by atoms with Crippen LogP contribution in [0.4, 0.5) is 4.39 Å². The first-order chi connectivity index (χ1) is 14.5. The van der Waals surface area contributed by atoms with E-state index in [4.69, 9.17) is 11.6 Å². The third-order valence-corrected chi connectivity index (χ3v) is 5.61. The Morgan fingerprint density at radius 1 is 1.10 bits per heavy atom. The number of thiophene rings is 1. The summed E-state index contributed by atoms with van der Waals surface area (Å²) in [5.41, 5.74) is 0.505. The summed E-state index contributed by atoms with van der Waals surface area (Å²) in [6.07, 6.45) is 0. The Morgan fingerprint density at radius 3 is 2.57 bits per heavy atom. The summed E-state index contributed by atoms with van der Waals surface area (Å²) in [5, 5.41) is 12.7. The van der Waals surface area contributed by atoms with E-state index in [1.165, 1.54) is 23.5 Å². The Labute approximate surface area is 179 Å². The molecule has 0 unspecified atom stereocenters. The van der Waals surface area contributed by atoms with Crippen molar-refractivity contribution in [1.82, 2.24) is 25.1 Å². The fourth-order valence-corrected chi connectivity index (χ4v) is 3.94. The molecule has 2 aromatic carbocycles. The van der Waals surface area contributed by atoms with E-state index in [1.54, 1.807) is 36.4 Å². The Hall–Kier alpha value is -3.30. The summed E-state index contributed by atoms with van der Waals surface area (Å²) in [6.45, 7) is -0.327. The number of nitrogens with zero attached hydrogens (tertiary/aromatic N) is 4. The molecule has 1 atom stereocenters. The van der Waals surface area contributed by atoms with Crippen LogP contribution in [0.5, 0.6) is 0 Å². The predicted molar refractivity (Wildman–Crippen MR) is 111 cm³/mol. The van der Waals surface area contributed by atoms with E-state index in [0.29, 0.717) is 10.7 Å². The van der Waals surface area contributed by atoms with Gasteiger partial charge in [-0.2, -0.15) is 9.36 Å². The maximum Gasteiger partial charge on any atom is 0.369 e. The van der Waals surface area contributed by atoms with Crippen LogP contribution in [0.2, 0.25) is 5.02 Å². The SMILES string of the molecule is O=C(Cn1nnn(-c2ccccc2Cl)c1=O)N[C@@H](c1ccc(F)cc1)c1cccs1. The van der Waals surface area contributed by atoms with Gasteiger partial charge >= 0.3 is 5.69 Å². The standard InChI is InChI=1S/C20H15ClFN5O2S/c21-15-4-1-2-5-16(15)27-20(29)26(24-25-27)12-18(28)23-19(17-6-3-11-30-17)13-7-9-14(22)10-8-13/h1-11,19H,12H2,(H,23,28)/t19-/m0/s1. The first-order valence-electron chi connectivity index (χ1n) is 8.89. The topological polar surface area (TPSA) is 81.8 Å². The van der Waals surface area contributed by atoms with E-state index >= 15 is 0 Å². The quantitative estimate of drug-likeness (QED) is 0.496. The number of hydrogen-bond donors (Lipinski definition) is 1. The van der Waals surface area contributed by atoms with Crippen molar-refractivity contribution < 1.29 is 9.18 Å². The molecule has 30 heavy (non-hydrogen) atoms. The zero-order chi connectivity index (χ0) is 21.1. The van der Waals surface area contributed by atoms with E-state index in [1.807, 2.05) is 17.5 Å². The van der Waals surface area contributed by atoms with E-state index < -0.39 is 17.6 Å². The molecular weight excluding hydrogens is 429 g/mol. The summed E-state index contributed by atoms with van der Waals surface area (Å²) >= 11 is 7.57. The van der Waals surface area contributed by atoms with Gasteiger partial charge in [0.15, 0.2) is 0 Å². The highest BCUT2D eigenvalue weighted by atomic mass is 35.5. The monoisotopic (exact) mass is 443 g/mol. The molecule has 0 saturated heterocycles. The van der Waals surface area contributed by atoms with E-state index in [9.17, 15) is 14.0 Å². The van der Waals surface area contributed by atoms with Crippen molar-refractivity contribution in [2.45, 2.75) is 12.6 Å². The molecule has 4 aromatic rings. The van der Waals surface area contributed by atoms with Gasteiger partial charge in [-0.25, -0.2) is 9.18 Å². The second kappa shape index (κ2) is 8.60. The van der Waals surface area contributed by atoms with Crippen LogP contribution in [0, 0.1) is 5.82 Å². The van der Waals surface area contributed by atoms with Crippen LogP contribution < -0.4 is 11.0 Å². The number of para-hydroxylation sites is 1. The molecule has 7 nitrogen and oxygen atoms in total. The van der Waals surface area contributed by atoms with Crippen LogP contribution >= 0.6 is 22.9 Å². The van der Waals surface area contributed by atoms with Crippen LogP contribution in [-0.2, 0) is 11.3 Å². The van der Waals surface area contributed by atoms with Crippen LogP contribution in [-0.4, -0.2) is 25.7 Å². The lowest BCUT2D eigenvalue weighted by Gasteiger charge is -2.18. The number of amides is 1. The molecule has 0 aliphatic heterocycles. The molecule has 10 heteroatoms. The van der Waals surface area contributed by atoms with Gasteiger partial charge in [0, 0.05) is 4.88 Å². The molecule has 0 fully saturated rings. The molecule has 2 heterocycles. The van der Waals surface area contributed by atoms with Crippen molar-refractivity contribution in [3.63, 3.8) is 0 Å². The number of benzene rings is 2. The van der Waals surface area contributed by atoms with Crippen molar-refractivity contribution in [3.05, 3.63) is 97.8 Å². The lowest BCUT2D eigenvalue weighted by atomic mass is 10.1. The Kier molecular flexibility index (Phi) is 5.73. The minimum Gasteiger partial charge on any atom is -0.343 e. The zero-order valence-electron chi connectivity index (χ0n) is 15.4. The van der Waals surface area contributed by atoms with E-state index in [2.05, 4.69) is 15.7 Å². The molecule has 0 saturated carbocycles. The summed E-state index contributed by atoms with van der Waals surface area (Å²) in [5.74, 6) is -0.802. The summed E-state index contributed by atoms with van der Waals surface area (Å²) in [6, 6.07) is 15.9. The molecule has 1 N–H and O–H groups in total. The highest BCUT2D eigenvalue weighted by Gasteiger charge is 2.20. The molecular formula is C20H15ClFN5O2S. The minimum atomic E-state index is -0.590. The Bertz CT molecular complexity index is 1220.